The molecule has 0 N–H and O–H groups in total. The van der Waals surface area contributed by atoms with Crippen LogP contribution in [-0.2, 0) is 4.79 Å². The van der Waals surface area contributed by atoms with Crippen LogP contribution >= 0.6 is 0 Å². The number of Topliss-reactive ketones (excluding diaryl/α,β-unsaturated/α-hetero) is 1. The zero-order chi connectivity index (χ0) is 8.81. The van der Waals surface area contributed by atoms with Crippen molar-refractivity contribution in [2.24, 2.45) is 5.92 Å². The molecule has 1 aliphatic rings. The van der Waals surface area contributed by atoms with Gasteiger partial charge in [-0.15, -0.1) is 0 Å². The summed E-state index contributed by atoms with van der Waals surface area (Å²) in [7, 11) is 0. The van der Waals surface area contributed by atoms with E-state index < -0.39 is 0 Å². The lowest BCUT2D eigenvalue weighted by molar-refractivity contribution is -0.119. The van der Waals surface area contributed by atoms with Crippen molar-refractivity contribution >= 4 is 5.78 Å². The first kappa shape index (κ1) is 9.76. The minimum Gasteiger partial charge on any atom is -0.300 e. The Morgan fingerprint density at radius 3 is 2.58 bits per heavy atom. The Morgan fingerprint density at radius 2 is 2.00 bits per heavy atom. The summed E-state index contributed by atoms with van der Waals surface area (Å²) in [5.74, 6) is 1.41. The molecule has 1 heteroatoms. The summed E-state index contributed by atoms with van der Waals surface area (Å²) in [6.45, 7) is 2.18. The second-order valence-electron chi connectivity index (χ2n) is 3.98. The van der Waals surface area contributed by atoms with E-state index in [0.717, 1.165) is 25.2 Å². The van der Waals surface area contributed by atoms with Gasteiger partial charge in [-0.25, -0.2) is 0 Å². The molecule has 70 valence electrons. The number of unbranched alkanes of at least 4 members (excludes halogenated alkanes) is 2. The quantitative estimate of drug-likeness (QED) is 0.533. The second-order valence-corrected chi connectivity index (χ2v) is 3.98. The van der Waals surface area contributed by atoms with Crippen molar-refractivity contribution in [2.45, 2.75) is 58.3 Å². The lowest BCUT2D eigenvalue weighted by Crippen LogP contribution is -1.97. The maximum absolute atomic E-state index is 11.3. The van der Waals surface area contributed by atoms with E-state index in [0.29, 0.717) is 5.78 Å². The normalized spacial score (nSPS) is 16.4. The number of hydrogen-bond acceptors (Lipinski definition) is 1. The topological polar surface area (TPSA) is 17.1 Å². The summed E-state index contributed by atoms with van der Waals surface area (Å²) in [6, 6.07) is 0. The van der Waals surface area contributed by atoms with Crippen LogP contribution in [0.25, 0.3) is 0 Å². The molecule has 0 bridgehead atoms. The predicted molar refractivity (Wildman–Crippen MR) is 51.1 cm³/mol. The van der Waals surface area contributed by atoms with E-state index in [4.69, 9.17) is 0 Å². The molecular formula is C11H20O. The first-order valence-electron chi connectivity index (χ1n) is 5.34. The van der Waals surface area contributed by atoms with Crippen molar-refractivity contribution in [3.8, 4) is 0 Å². The molecule has 1 aliphatic carbocycles. The molecule has 1 saturated carbocycles. The van der Waals surface area contributed by atoms with Gasteiger partial charge in [-0.1, -0.05) is 32.6 Å². The van der Waals surface area contributed by atoms with E-state index in [1.54, 1.807) is 0 Å². The van der Waals surface area contributed by atoms with E-state index in [1.807, 2.05) is 0 Å². The highest BCUT2D eigenvalue weighted by molar-refractivity contribution is 5.78. The van der Waals surface area contributed by atoms with Crippen molar-refractivity contribution in [1.82, 2.24) is 0 Å². The minimum absolute atomic E-state index is 0.496. The number of ketones is 1. The van der Waals surface area contributed by atoms with Crippen LogP contribution in [0.2, 0.25) is 0 Å². The van der Waals surface area contributed by atoms with Gasteiger partial charge < -0.3 is 0 Å². The van der Waals surface area contributed by atoms with Crippen LogP contribution in [0.5, 0.6) is 0 Å². The van der Waals surface area contributed by atoms with Gasteiger partial charge in [-0.2, -0.15) is 0 Å². The van der Waals surface area contributed by atoms with Gasteiger partial charge in [0, 0.05) is 12.8 Å². The largest absolute Gasteiger partial charge is 0.300 e. The monoisotopic (exact) mass is 168 g/mol. The third kappa shape index (κ3) is 4.53. The highest BCUT2D eigenvalue weighted by atomic mass is 16.1. The highest BCUT2D eigenvalue weighted by Crippen LogP contribution is 2.33. The third-order valence-electron chi connectivity index (χ3n) is 2.59. The van der Waals surface area contributed by atoms with Crippen molar-refractivity contribution in [3.05, 3.63) is 0 Å². The first-order valence-corrected chi connectivity index (χ1v) is 5.34. The molecule has 0 heterocycles. The van der Waals surface area contributed by atoms with Crippen molar-refractivity contribution < 1.29 is 4.79 Å². The van der Waals surface area contributed by atoms with Crippen LogP contribution in [-0.4, -0.2) is 5.78 Å². The Balaban J connectivity index is 1.88. The zero-order valence-electron chi connectivity index (χ0n) is 8.14. The van der Waals surface area contributed by atoms with Crippen molar-refractivity contribution in [3.63, 3.8) is 0 Å². The van der Waals surface area contributed by atoms with Crippen LogP contribution < -0.4 is 0 Å². The van der Waals surface area contributed by atoms with Gasteiger partial charge in [0.25, 0.3) is 0 Å². The predicted octanol–water partition coefficient (Wildman–Crippen LogP) is 3.33. The maximum Gasteiger partial charge on any atom is 0.132 e. The molecule has 0 atom stereocenters. The van der Waals surface area contributed by atoms with Crippen LogP contribution in [0.1, 0.15) is 58.3 Å². The molecule has 0 saturated heterocycles. The average Bonchev–Trinajstić information content (AvgIpc) is 2.84. The number of hydrogen-bond donors (Lipinski definition) is 0. The summed E-state index contributed by atoms with van der Waals surface area (Å²) < 4.78 is 0. The van der Waals surface area contributed by atoms with Gasteiger partial charge in [-0.3, -0.25) is 4.79 Å². The smallest absolute Gasteiger partial charge is 0.132 e. The van der Waals surface area contributed by atoms with E-state index in [-0.39, 0.29) is 0 Å². The maximum atomic E-state index is 11.3. The second kappa shape index (κ2) is 5.34. The van der Waals surface area contributed by atoms with Gasteiger partial charge in [0.1, 0.15) is 5.78 Å². The first-order chi connectivity index (χ1) is 5.83. The Morgan fingerprint density at radius 1 is 1.25 bits per heavy atom. The molecule has 1 rings (SSSR count). The third-order valence-corrected chi connectivity index (χ3v) is 2.59. The molecule has 12 heavy (non-hydrogen) atoms. The molecule has 0 radical (unpaired) electrons. The number of carbonyl (C=O) groups excluding carboxylic acids is 1. The molecular weight excluding hydrogens is 148 g/mol. The summed E-state index contributed by atoms with van der Waals surface area (Å²) in [5, 5.41) is 0. The van der Waals surface area contributed by atoms with Gasteiger partial charge in [0.15, 0.2) is 0 Å². The van der Waals surface area contributed by atoms with E-state index >= 15 is 0 Å². The summed E-state index contributed by atoms with van der Waals surface area (Å²) in [6.07, 6.45) is 9.16. The molecule has 0 aliphatic heterocycles. The Bertz CT molecular complexity index is 136. The van der Waals surface area contributed by atoms with Gasteiger partial charge in [-0.05, 0) is 18.8 Å². The number of carbonyl (C=O) groups is 1. The van der Waals surface area contributed by atoms with Crippen LogP contribution in [0.3, 0.4) is 0 Å². The summed E-state index contributed by atoms with van der Waals surface area (Å²) >= 11 is 0. The SMILES string of the molecule is CCCCCC(=O)CCC1CC1. The molecule has 0 aromatic carbocycles. The van der Waals surface area contributed by atoms with Gasteiger partial charge in [0.05, 0.1) is 0 Å². The van der Waals surface area contributed by atoms with E-state index in [1.165, 1.54) is 32.1 Å². The molecule has 1 fully saturated rings. The number of rotatable bonds is 7. The van der Waals surface area contributed by atoms with Crippen LogP contribution in [0.15, 0.2) is 0 Å². The zero-order valence-corrected chi connectivity index (χ0v) is 8.14. The van der Waals surface area contributed by atoms with Gasteiger partial charge >= 0.3 is 0 Å². The molecule has 1 nitrogen and oxygen atoms in total. The average molecular weight is 168 g/mol. The summed E-state index contributed by atoms with van der Waals surface area (Å²) in [4.78, 5) is 11.3. The molecule has 0 unspecified atom stereocenters. The molecule has 0 amide bonds. The van der Waals surface area contributed by atoms with Crippen molar-refractivity contribution in [1.29, 1.82) is 0 Å². The fourth-order valence-electron chi connectivity index (χ4n) is 1.47. The highest BCUT2D eigenvalue weighted by Gasteiger charge is 2.21. The Hall–Kier alpha value is -0.330. The fourth-order valence-corrected chi connectivity index (χ4v) is 1.47. The molecule has 0 aromatic rings. The van der Waals surface area contributed by atoms with Crippen molar-refractivity contribution in [2.75, 3.05) is 0 Å². The lowest BCUT2D eigenvalue weighted by atomic mass is 10.1. The molecule has 0 spiro atoms. The van der Waals surface area contributed by atoms with Crippen LogP contribution in [0, 0.1) is 5.92 Å². The lowest BCUT2D eigenvalue weighted by Gasteiger charge is -1.98. The summed E-state index contributed by atoms with van der Waals surface area (Å²) in [5.41, 5.74) is 0. The van der Waals surface area contributed by atoms with Gasteiger partial charge in [0.2, 0.25) is 0 Å². The standard InChI is InChI=1S/C11H20O/c1-2-3-4-5-11(12)9-8-10-6-7-10/h10H,2-9H2,1H3. The minimum atomic E-state index is 0.496. The van der Waals surface area contributed by atoms with E-state index in [9.17, 15) is 4.79 Å². The Kier molecular flexibility index (Phi) is 4.34. The Labute approximate surface area is 75.5 Å². The van der Waals surface area contributed by atoms with Crippen LogP contribution in [0.4, 0.5) is 0 Å². The molecule has 0 aromatic heterocycles. The fraction of sp³-hybridized carbons (Fsp3) is 0.909. The van der Waals surface area contributed by atoms with E-state index in [2.05, 4.69) is 6.92 Å².